The summed E-state index contributed by atoms with van der Waals surface area (Å²) in [5, 5.41) is 5.85. The third-order valence-corrected chi connectivity index (χ3v) is 5.52. The fourth-order valence-electron chi connectivity index (χ4n) is 2.95. The molecule has 0 unspecified atom stereocenters. The van der Waals surface area contributed by atoms with Crippen molar-refractivity contribution in [2.75, 3.05) is 48.9 Å². The predicted molar refractivity (Wildman–Crippen MR) is 134 cm³/mol. The lowest BCUT2D eigenvalue weighted by atomic mass is 10.1. The van der Waals surface area contributed by atoms with Gasteiger partial charge in [-0.2, -0.15) is 4.98 Å². The second kappa shape index (κ2) is 11.3. The van der Waals surface area contributed by atoms with Crippen LogP contribution in [0.2, 0.25) is 5.02 Å². The molecule has 1 amide bonds. The summed E-state index contributed by atoms with van der Waals surface area (Å²) in [5.74, 6) is -0.767. The number of nitrogens with zero attached hydrogens (tertiary/aromatic N) is 3. The largest absolute Gasteiger partial charge is 0.383 e. The molecule has 35 heavy (non-hydrogen) atoms. The van der Waals surface area contributed by atoms with Crippen molar-refractivity contribution in [3.05, 3.63) is 65.1 Å². The molecule has 3 N–H and O–H groups in total. The van der Waals surface area contributed by atoms with E-state index in [4.69, 9.17) is 16.3 Å². The van der Waals surface area contributed by atoms with Gasteiger partial charge in [0, 0.05) is 26.3 Å². The van der Waals surface area contributed by atoms with Crippen LogP contribution < -0.4 is 15.4 Å². The quantitative estimate of drug-likeness (QED) is 0.366. The molecule has 2 aromatic carbocycles. The van der Waals surface area contributed by atoms with Gasteiger partial charge in [-0.25, -0.2) is 17.8 Å². The van der Waals surface area contributed by atoms with Crippen LogP contribution in [0.3, 0.4) is 0 Å². The standard InChI is InChI=1S/C22H24ClFN6O4S/c1-30(10-11-34-2)21(31)14-8-9-16(24)19(12-14)27-22-25-13-15(23)20(28-22)26-17-6-4-5-7-18(17)29-35(3,32)33/h4-9,12-13,29H,10-11H2,1-3H3,(H2,25,26,27,28). The number of rotatable bonds is 10. The molecular formula is C22H24ClFN6O4S. The van der Waals surface area contributed by atoms with E-state index < -0.39 is 15.8 Å². The van der Waals surface area contributed by atoms with Gasteiger partial charge in [0.15, 0.2) is 5.82 Å². The number of para-hydroxylation sites is 2. The van der Waals surface area contributed by atoms with Crippen LogP contribution in [0.15, 0.2) is 48.7 Å². The summed E-state index contributed by atoms with van der Waals surface area (Å²) in [7, 11) is -0.371. The van der Waals surface area contributed by atoms with Crippen molar-refractivity contribution < 1.29 is 22.3 Å². The molecule has 0 saturated heterocycles. The van der Waals surface area contributed by atoms with E-state index in [1.165, 1.54) is 36.4 Å². The van der Waals surface area contributed by atoms with Crippen molar-refractivity contribution >= 4 is 56.4 Å². The van der Waals surface area contributed by atoms with E-state index in [-0.39, 0.29) is 39.6 Å². The molecule has 13 heteroatoms. The van der Waals surface area contributed by atoms with Crippen LogP contribution in [0.1, 0.15) is 10.4 Å². The van der Waals surface area contributed by atoms with E-state index in [1.807, 2.05) is 0 Å². The van der Waals surface area contributed by atoms with Crippen LogP contribution in [-0.4, -0.2) is 62.8 Å². The summed E-state index contributed by atoms with van der Waals surface area (Å²) in [6, 6.07) is 10.5. The zero-order chi connectivity index (χ0) is 25.6. The number of nitrogens with one attached hydrogen (secondary N) is 3. The van der Waals surface area contributed by atoms with Crippen molar-refractivity contribution in [2.24, 2.45) is 0 Å². The molecule has 0 atom stereocenters. The number of benzene rings is 2. The summed E-state index contributed by atoms with van der Waals surface area (Å²) < 4.78 is 45.2. The Morgan fingerprint density at radius 1 is 1.14 bits per heavy atom. The van der Waals surface area contributed by atoms with E-state index in [0.717, 1.165) is 6.26 Å². The van der Waals surface area contributed by atoms with Crippen LogP contribution in [0.4, 0.5) is 33.2 Å². The van der Waals surface area contributed by atoms with Crippen molar-refractivity contribution in [1.82, 2.24) is 14.9 Å². The van der Waals surface area contributed by atoms with E-state index in [0.29, 0.717) is 18.8 Å². The lowest BCUT2D eigenvalue weighted by Crippen LogP contribution is -2.30. The number of carbonyl (C=O) groups is 1. The van der Waals surface area contributed by atoms with Gasteiger partial charge in [0.25, 0.3) is 5.91 Å². The molecule has 0 spiro atoms. The molecule has 0 aliphatic heterocycles. The highest BCUT2D eigenvalue weighted by Crippen LogP contribution is 2.30. The maximum Gasteiger partial charge on any atom is 0.253 e. The lowest BCUT2D eigenvalue weighted by Gasteiger charge is -2.17. The molecule has 0 saturated carbocycles. The summed E-state index contributed by atoms with van der Waals surface area (Å²) in [4.78, 5) is 22.4. The summed E-state index contributed by atoms with van der Waals surface area (Å²) in [6.07, 6.45) is 2.34. The topological polar surface area (TPSA) is 126 Å². The van der Waals surface area contributed by atoms with Gasteiger partial charge in [0.1, 0.15) is 10.8 Å². The number of ether oxygens (including phenoxy) is 1. The number of aromatic nitrogens is 2. The summed E-state index contributed by atoms with van der Waals surface area (Å²) in [5.41, 5.74) is 0.931. The molecule has 0 radical (unpaired) electrons. The Hall–Kier alpha value is -3.48. The second-order valence-electron chi connectivity index (χ2n) is 7.47. The Kier molecular flexibility index (Phi) is 8.43. The minimum Gasteiger partial charge on any atom is -0.383 e. The molecule has 0 aliphatic rings. The molecular weight excluding hydrogens is 499 g/mol. The Morgan fingerprint density at radius 2 is 1.86 bits per heavy atom. The zero-order valence-corrected chi connectivity index (χ0v) is 20.7. The fraction of sp³-hybridized carbons (Fsp3) is 0.227. The van der Waals surface area contributed by atoms with Crippen molar-refractivity contribution in [1.29, 1.82) is 0 Å². The molecule has 0 bridgehead atoms. The number of anilines is 5. The van der Waals surface area contributed by atoms with E-state index >= 15 is 0 Å². The van der Waals surface area contributed by atoms with Crippen molar-refractivity contribution in [2.45, 2.75) is 0 Å². The first-order valence-electron chi connectivity index (χ1n) is 10.2. The van der Waals surface area contributed by atoms with Crippen molar-refractivity contribution in [3.63, 3.8) is 0 Å². The Bertz CT molecular complexity index is 1330. The number of amides is 1. The van der Waals surface area contributed by atoms with Gasteiger partial charge in [-0.1, -0.05) is 23.7 Å². The third kappa shape index (κ3) is 7.25. The lowest BCUT2D eigenvalue weighted by molar-refractivity contribution is 0.0744. The molecule has 0 fully saturated rings. The van der Waals surface area contributed by atoms with Crippen molar-refractivity contribution in [3.8, 4) is 0 Å². The summed E-state index contributed by atoms with van der Waals surface area (Å²) in [6.45, 7) is 0.742. The first kappa shape index (κ1) is 26.1. The van der Waals surface area contributed by atoms with Gasteiger partial charge in [-0.3, -0.25) is 9.52 Å². The fourth-order valence-corrected chi connectivity index (χ4v) is 3.66. The maximum atomic E-state index is 14.5. The van der Waals surface area contributed by atoms with E-state index in [9.17, 15) is 17.6 Å². The third-order valence-electron chi connectivity index (χ3n) is 4.66. The minimum atomic E-state index is -3.53. The number of sulfonamides is 1. The molecule has 1 aromatic heterocycles. The SMILES string of the molecule is COCCN(C)C(=O)c1ccc(F)c(Nc2ncc(Cl)c(Nc3ccccc3NS(C)(=O)=O)n2)c1. The van der Waals surface area contributed by atoms with Gasteiger partial charge in [-0.15, -0.1) is 0 Å². The average Bonchev–Trinajstić information content (AvgIpc) is 2.80. The molecule has 186 valence electrons. The molecule has 1 heterocycles. The van der Waals surface area contributed by atoms with Gasteiger partial charge in [0.2, 0.25) is 16.0 Å². The first-order valence-corrected chi connectivity index (χ1v) is 12.5. The van der Waals surface area contributed by atoms with Crippen LogP contribution in [0, 0.1) is 5.82 Å². The minimum absolute atomic E-state index is 0.00156. The number of hydrogen-bond acceptors (Lipinski definition) is 8. The van der Waals surface area contributed by atoms with Gasteiger partial charge < -0.3 is 20.3 Å². The number of methoxy groups -OCH3 is 1. The van der Waals surface area contributed by atoms with Gasteiger partial charge >= 0.3 is 0 Å². The van der Waals surface area contributed by atoms with Gasteiger partial charge in [0.05, 0.1) is 36.1 Å². The number of halogens is 2. The monoisotopic (exact) mass is 522 g/mol. The zero-order valence-electron chi connectivity index (χ0n) is 19.2. The van der Waals surface area contributed by atoms with E-state index in [1.54, 1.807) is 31.3 Å². The van der Waals surface area contributed by atoms with Crippen LogP contribution >= 0.6 is 11.6 Å². The number of likely N-dealkylation sites (N-methyl/N-ethyl adjacent to an activating group) is 1. The average molecular weight is 523 g/mol. The first-order chi connectivity index (χ1) is 16.6. The highest BCUT2D eigenvalue weighted by Gasteiger charge is 2.16. The smallest absolute Gasteiger partial charge is 0.253 e. The highest BCUT2D eigenvalue weighted by atomic mass is 35.5. The van der Waals surface area contributed by atoms with Crippen LogP contribution in [-0.2, 0) is 14.8 Å². The van der Waals surface area contributed by atoms with Crippen LogP contribution in [0.25, 0.3) is 0 Å². The van der Waals surface area contributed by atoms with Crippen LogP contribution in [0.5, 0.6) is 0 Å². The number of hydrogen-bond donors (Lipinski definition) is 3. The predicted octanol–water partition coefficient (Wildman–Crippen LogP) is 3.85. The number of carbonyl (C=O) groups excluding carboxylic acids is 1. The molecule has 3 aromatic rings. The Morgan fingerprint density at radius 3 is 2.54 bits per heavy atom. The van der Waals surface area contributed by atoms with E-state index in [2.05, 4.69) is 25.3 Å². The summed E-state index contributed by atoms with van der Waals surface area (Å²) >= 11 is 6.22. The molecule has 0 aliphatic carbocycles. The molecule has 3 rings (SSSR count). The van der Waals surface area contributed by atoms with Gasteiger partial charge in [-0.05, 0) is 30.3 Å². The Labute approximate surface area is 207 Å². The second-order valence-corrected chi connectivity index (χ2v) is 9.63. The highest BCUT2D eigenvalue weighted by molar-refractivity contribution is 7.92. The Balaban J connectivity index is 1.85. The molecule has 10 nitrogen and oxygen atoms in total. The maximum absolute atomic E-state index is 14.5. The normalized spacial score (nSPS) is 11.1.